The Morgan fingerprint density at radius 2 is 1.95 bits per heavy atom. The largest absolute Gasteiger partial charge is 0.381 e. The summed E-state index contributed by atoms with van der Waals surface area (Å²) in [4.78, 5) is 11.5. The average molecular weight is 336 g/mol. The topological polar surface area (TPSA) is 38.3 Å². The molecule has 0 saturated carbocycles. The van der Waals surface area contributed by atoms with E-state index in [4.69, 9.17) is 4.74 Å². The second-order valence-corrected chi connectivity index (χ2v) is 4.67. The molecule has 1 amide bonds. The van der Waals surface area contributed by atoms with Gasteiger partial charge in [-0.1, -0.05) is 22.0 Å². The van der Waals surface area contributed by atoms with Crippen molar-refractivity contribution in [3.8, 4) is 0 Å². The first-order chi connectivity index (χ1) is 9.15. The lowest BCUT2D eigenvalue weighted by molar-refractivity contribution is -0.120. The van der Waals surface area contributed by atoms with Crippen molar-refractivity contribution in [2.24, 2.45) is 0 Å². The Bertz CT molecular complexity index is 395. The van der Waals surface area contributed by atoms with Crippen LogP contribution in [0.3, 0.4) is 0 Å². The van der Waals surface area contributed by atoms with E-state index in [9.17, 15) is 13.6 Å². The van der Waals surface area contributed by atoms with Crippen LogP contribution in [0.2, 0.25) is 0 Å². The summed E-state index contributed by atoms with van der Waals surface area (Å²) in [6.07, 6.45) is 0.374. The van der Waals surface area contributed by atoms with Crippen molar-refractivity contribution < 1.29 is 18.3 Å². The molecule has 0 aliphatic heterocycles. The molecule has 0 bridgehead atoms. The molecule has 1 aromatic carbocycles. The van der Waals surface area contributed by atoms with E-state index in [1.54, 1.807) is 0 Å². The molecule has 1 aromatic rings. The molecule has 0 atom stereocenters. The number of amides is 1. The van der Waals surface area contributed by atoms with Gasteiger partial charge in [-0.2, -0.15) is 0 Å². The van der Waals surface area contributed by atoms with Gasteiger partial charge in [0.25, 0.3) is 0 Å². The van der Waals surface area contributed by atoms with Crippen LogP contribution >= 0.6 is 15.9 Å². The number of carbonyl (C=O) groups is 1. The zero-order valence-corrected chi connectivity index (χ0v) is 12.0. The molecule has 1 N–H and O–H groups in total. The van der Waals surface area contributed by atoms with Crippen LogP contribution in [0.15, 0.2) is 18.2 Å². The normalized spacial score (nSPS) is 10.5. The van der Waals surface area contributed by atoms with Crippen molar-refractivity contribution in [1.29, 1.82) is 0 Å². The Balaban J connectivity index is 2.28. The third kappa shape index (κ3) is 6.11. The summed E-state index contributed by atoms with van der Waals surface area (Å²) in [5, 5.41) is 3.37. The minimum Gasteiger partial charge on any atom is -0.381 e. The van der Waals surface area contributed by atoms with Crippen LogP contribution in [0, 0.1) is 11.6 Å². The van der Waals surface area contributed by atoms with Crippen LogP contribution in [-0.2, 0) is 16.0 Å². The second kappa shape index (κ2) is 8.98. The molecule has 0 aromatic heterocycles. The van der Waals surface area contributed by atoms with E-state index in [1.165, 1.54) is 6.07 Å². The number of carbonyl (C=O) groups excluding carboxylic acids is 1. The molecule has 0 heterocycles. The number of alkyl halides is 1. The Morgan fingerprint density at radius 1 is 1.26 bits per heavy atom. The first kappa shape index (κ1) is 16.0. The summed E-state index contributed by atoms with van der Waals surface area (Å²) in [5.74, 6) is -1.80. The van der Waals surface area contributed by atoms with E-state index in [0.29, 0.717) is 26.2 Å². The lowest BCUT2D eigenvalue weighted by Crippen LogP contribution is -2.27. The minimum absolute atomic E-state index is 0.199. The van der Waals surface area contributed by atoms with E-state index in [0.717, 1.165) is 17.5 Å². The SMILES string of the molecule is O=C(Cc1c(F)cccc1F)NCCCOCCBr. The molecule has 106 valence electrons. The summed E-state index contributed by atoms with van der Waals surface area (Å²) in [6.45, 7) is 1.59. The van der Waals surface area contributed by atoms with E-state index < -0.39 is 17.5 Å². The van der Waals surface area contributed by atoms with Gasteiger partial charge in [-0.25, -0.2) is 8.78 Å². The summed E-state index contributed by atoms with van der Waals surface area (Å²) >= 11 is 3.23. The fraction of sp³-hybridized carbons (Fsp3) is 0.462. The van der Waals surface area contributed by atoms with Gasteiger partial charge in [0.05, 0.1) is 13.0 Å². The highest BCUT2D eigenvalue weighted by Gasteiger charge is 2.12. The molecule has 19 heavy (non-hydrogen) atoms. The van der Waals surface area contributed by atoms with E-state index in [1.807, 2.05) is 0 Å². The maximum Gasteiger partial charge on any atom is 0.224 e. The van der Waals surface area contributed by atoms with Crippen molar-refractivity contribution in [2.45, 2.75) is 12.8 Å². The standard InChI is InChI=1S/C13H16BrF2NO2/c14-5-8-19-7-2-6-17-13(18)9-10-11(15)3-1-4-12(10)16/h1,3-4H,2,5-9H2,(H,17,18). The van der Waals surface area contributed by atoms with Gasteiger partial charge in [-0.3, -0.25) is 4.79 Å². The number of nitrogens with one attached hydrogen (secondary N) is 1. The molecular formula is C13H16BrF2NO2. The predicted octanol–water partition coefficient (Wildman–Crippen LogP) is 2.43. The van der Waals surface area contributed by atoms with Gasteiger partial charge in [0, 0.05) is 24.0 Å². The molecular weight excluding hydrogens is 320 g/mol. The maximum absolute atomic E-state index is 13.3. The summed E-state index contributed by atoms with van der Waals surface area (Å²) in [6, 6.07) is 3.55. The van der Waals surface area contributed by atoms with Gasteiger partial charge in [0.1, 0.15) is 11.6 Å². The second-order valence-electron chi connectivity index (χ2n) is 3.88. The zero-order valence-electron chi connectivity index (χ0n) is 10.4. The minimum atomic E-state index is -0.698. The molecule has 0 saturated heterocycles. The Morgan fingerprint density at radius 3 is 2.58 bits per heavy atom. The zero-order chi connectivity index (χ0) is 14.1. The molecule has 0 radical (unpaired) electrons. The van der Waals surface area contributed by atoms with Crippen LogP contribution in [0.1, 0.15) is 12.0 Å². The van der Waals surface area contributed by atoms with Gasteiger partial charge in [0.15, 0.2) is 0 Å². The fourth-order valence-corrected chi connectivity index (χ4v) is 1.71. The van der Waals surface area contributed by atoms with Crippen LogP contribution in [0.25, 0.3) is 0 Å². The molecule has 0 unspecified atom stereocenters. The van der Waals surface area contributed by atoms with Gasteiger partial charge in [0.2, 0.25) is 5.91 Å². The smallest absolute Gasteiger partial charge is 0.224 e. The molecule has 0 spiro atoms. The third-order valence-electron chi connectivity index (χ3n) is 2.41. The first-order valence-electron chi connectivity index (χ1n) is 5.98. The number of hydrogen-bond acceptors (Lipinski definition) is 2. The first-order valence-corrected chi connectivity index (χ1v) is 7.10. The monoisotopic (exact) mass is 335 g/mol. The van der Waals surface area contributed by atoms with E-state index >= 15 is 0 Å². The fourth-order valence-electron chi connectivity index (χ4n) is 1.48. The molecule has 1 rings (SSSR count). The number of rotatable bonds is 8. The molecule has 0 aliphatic rings. The molecule has 6 heteroatoms. The van der Waals surface area contributed by atoms with E-state index in [2.05, 4.69) is 21.2 Å². The van der Waals surface area contributed by atoms with Crippen LogP contribution in [-0.4, -0.2) is 31.0 Å². The Labute approximate surface area is 119 Å². The quantitative estimate of drug-likeness (QED) is 0.585. The number of halogens is 3. The number of ether oxygens (including phenoxy) is 1. The van der Waals surface area contributed by atoms with Crippen LogP contribution in [0.5, 0.6) is 0 Å². The summed E-state index contributed by atoms with van der Waals surface area (Å²) in [7, 11) is 0. The average Bonchev–Trinajstić information content (AvgIpc) is 2.38. The Hall–Kier alpha value is -1.01. The third-order valence-corrected chi connectivity index (χ3v) is 2.73. The molecule has 3 nitrogen and oxygen atoms in total. The highest BCUT2D eigenvalue weighted by Crippen LogP contribution is 2.12. The highest BCUT2D eigenvalue weighted by molar-refractivity contribution is 9.09. The molecule has 0 fully saturated rings. The summed E-state index contributed by atoms with van der Waals surface area (Å²) in [5.41, 5.74) is -0.199. The van der Waals surface area contributed by atoms with Crippen molar-refractivity contribution in [3.05, 3.63) is 35.4 Å². The lowest BCUT2D eigenvalue weighted by Gasteiger charge is -2.07. The van der Waals surface area contributed by atoms with E-state index in [-0.39, 0.29) is 12.0 Å². The van der Waals surface area contributed by atoms with Crippen LogP contribution in [0.4, 0.5) is 8.78 Å². The van der Waals surface area contributed by atoms with Gasteiger partial charge in [-0.15, -0.1) is 0 Å². The predicted molar refractivity (Wildman–Crippen MR) is 72.3 cm³/mol. The maximum atomic E-state index is 13.3. The van der Waals surface area contributed by atoms with Crippen molar-refractivity contribution in [1.82, 2.24) is 5.32 Å². The highest BCUT2D eigenvalue weighted by atomic mass is 79.9. The Kier molecular flexibility index (Phi) is 7.59. The summed E-state index contributed by atoms with van der Waals surface area (Å²) < 4.78 is 31.8. The van der Waals surface area contributed by atoms with Gasteiger partial charge < -0.3 is 10.1 Å². The lowest BCUT2D eigenvalue weighted by atomic mass is 10.1. The van der Waals surface area contributed by atoms with Gasteiger partial charge in [-0.05, 0) is 18.6 Å². The van der Waals surface area contributed by atoms with Crippen molar-refractivity contribution in [3.63, 3.8) is 0 Å². The van der Waals surface area contributed by atoms with Crippen molar-refractivity contribution in [2.75, 3.05) is 25.1 Å². The van der Waals surface area contributed by atoms with Crippen LogP contribution < -0.4 is 5.32 Å². The number of benzene rings is 1. The van der Waals surface area contributed by atoms with Crippen molar-refractivity contribution >= 4 is 21.8 Å². The van der Waals surface area contributed by atoms with Gasteiger partial charge >= 0.3 is 0 Å². The molecule has 0 aliphatic carbocycles. The number of hydrogen-bond donors (Lipinski definition) is 1.